The van der Waals surface area contributed by atoms with Crippen LogP contribution in [0.4, 0.5) is 10.6 Å². The fourth-order valence-electron chi connectivity index (χ4n) is 1.57. The largest absolute Gasteiger partial charge is 0.338 e. The van der Waals surface area contributed by atoms with Gasteiger partial charge in [0.1, 0.15) is 15.7 Å². The van der Waals surface area contributed by atoms with Gasteiger partial charge in [-0.25, -0.2) is 20.2 Å². The second-order valence-electron chi connectivity index (χ2n) is 4.08. The Hall–Kier alpha value is -2.52. The molecule has 0 fully saturated rings. The Balaban J connectivity index is 2.07. The minimum Gasteiger partial charge on any atom is -0.338 e. The predicted molar refractivity (Wildman–Crippen MR) is 82.5 cm³/mol. The van der Waals surface area contributed by atoms with Crippen molar-refractivity contribution in [2.45, 2.75) is 6.92 Å². The lowest BCUT2D eigenvalue weighted by molar-refractivity contribution is 0.0542. The molecule has 9 heteroatoms. The number of aromatic nitrogens is 2. The van der Waals surface area contributed by atoms with Crippen molar-refractivity contribution < 1.29 is 14.4 Å². The molecule has 0 spiro atoms. The average Bonchev–Trinajstić information content (AvgIpc) is 2.98. The Morgan fingerprint density at radius 3 is 2.73 bits per heavy atom. The second kappa shape index (κ2) is 7.48. The third kappa shape index (κ3) is 3.99. The lowest BCUT2D eigenvalue weighted by Crippen LogP contribution is -2.28. The van der Waals surface area contributed by atoms with E-state index in [0.717, 1.165) is 5.56 Å². The van der Waals surface area contributed by atoms with Gasteiger partial charge in [-0.2, -0.15) is 0 Å². The van der Waals surface area contributed by atoms with Gasteiger partial charge in [0, 0.05) is 18.3 Å². The number of hydroxylamine groups is 1. The Morgan fingerprint density at radius 1 is 1.27 bits per heavy atom. The second-order valence-corrected chi connectivity index (χ2v) is 5.11. The van der Waals surface area contributed by atoms with Gasteiger partial charge in [0.15, 0.2) is 0 Å². The number of anilines is 1. The van der Waals surface area contributed by atoms with E-state index in [1.54, 1.807) is 18.3 Å². The first-order valence-electron chi connectivity index (χ1n) is 6.44. The highest BCUT2D eigenvalue weighted by Crippen LogP contribution is 2.25. The van der Waals surface area contributed by atoms with Crippen molar-refractivity contribution in [1.82, 2.24) is 20.8 Å². The molecule has 0 aliphatic carbocycles. The molecule has 0 saturated heterocycles. The van der Waals surface area contributed by atoms with Gasteiger partial charge in [0.05, 0.1) is 13.3 Å². The number of thiazole rings is 1. The normalized spacial score (nSPS) is 10.1. The number of urea groups is 1. The van der Waals surface area contributed by atoms with E-state index in [2.05, 4.69) is 30.9 Å². The fraction of sp³-hybridized carbons (Fsp3) is 0.231. The van der Waals surface area contributed by atoms with Crippen LogP contribution >= 0.6 is 11.3 Å². The number of carbonyl (C=O) groups is 2. The third-order valence-corrected chi connectivity index (χ3v) is 3.56. The van der Waals surface area contributed by atoms with Crippen molar-refractivity contribution in [2.75, 3.05) is 19.0 Å². The fourth-order valence-corrected chi connectivity index (χ4v) is 2.36. The van der Waals surface area contributed by atoms with E-state index in [0.29, 0.717) is 22.2 Å². The number of nitrogens with zero attached hydrogens (tertiary/aromatic N) is 2. The van der Waals surface area contributed by atoms with Gasteiger partial charge in [-0.1, -0.05) is 0 Å². The summed E-state index contributed by atoms with van der Waals surface area (Å²) in [5.41, 5.74) is 2.98. The molecule has 3 amide bonds. The van der Waals surface area contributed by atoms with E-state index in [1.165, 1.54) is 24.6 Å². The van der Waals surface area contributed by atoms with Crippen LogP contribution in [0.1, 0.15) is 16.6 Å². The van der Waals surface area contributed by atoms with Crippen LogP contribution in [0.3, 0.4) is 0 Å². The number of nitrogens with one attached hydrogen (secondary N) is 3. The molecule has 3 N–H and O–H groups in total. The molecule has 0 saturated carbocycles. The molecule has 2 rings (SSSR count). The van der Waals surface area contributed by atoms with E-state index in [-0.39, 0.29) is 11.9 Å². The molecule has 0 unspecified atom stereocenters. The maximum Gasteiger partial charge on any atom is 0.320 e. The minimum atomic E-state index is -0.353. The maximum absolute atomic E-state index is 11.6. The molecule has 8 nitrogen and oxygen atoms in total. The molecule has 22 heavy (non-hydrogen) atoms. The smallest absolute Gasteiger partial charge is 0.320 e. The third-order valence-electron chi connectivity index (χ3n) is 2.51. The summed E-state index contributed by atoms with van der Waals surface area (Å²) in [7, 11) is 1.37. The van der Waals surface area contributed by atoms with Gasteiger partial charge < -0.3 is 5.32 Å². The van der Waals surface area contributed by atoms with Gasteiger partial charge in [-0.05, 0) is 19.1 Å². The molecule has 0 aromatic carbocycles. The summed E-state index contributed by atoms with van der Waals surface area (Å²) in [6.45, 7) is 2.37. The Labute approximate surface area is 130 Å². The summed E-state index contributed by atoms with van der Waals surface area (Å²) in [5.74, 6) is 0.0809. The molecular formula is C13H15N5O3S. The van der Waals surface area contributed by atoms with Crippen molar-refractivity contribution >= 4 is 29.1 Å². The summed E-state index contributed by atoms with van der Waals surface area (Å²) >= 11 is 1.22. The van der Waals surface area contributed by atoms with Crippen LogP contribution in [-0.2, 0) is 4.84 Å². The topological polar surface area (TPSA) is 105 Å². The highest BCUT2D eigenvalue weighted by atomic mass is 32.1. The lowest BCUT2D eigenvalue weighted by atomic mass is 10.3. The van der Waals surface area contributed by atoms with Gasteiger partial charge in [-0.15, -0.1) is 11.3 Å². The van der Waals surface area contributed by atoms with E-state index in [1.807, 2.05) is 6.92 Å². The van der Waals surface area contributed by atoms with E-state index in [9.17, 15) is 9.59 Å². The number of hydrogen-bond donors (Lipinski definition) is 3. The number of pyridine rings is 1. The lowest BCUT2D eigenvalue weighted by Gasteiger charge is -2.05. The first-order valence-corrected chi connectivity index (χ1v) is 7.26. The molecule has 0 aliphatic heterocycles. The van der Waals surface area contributed by atoms with Crippen molar-refractivity contribution in [3.05, 3.63) is 29.4 Å². The molecule has 0 radical (unpaired) electrons. The highest BCUT2D eigenvalue weighted by molar-refractivity contribution is 7.16. The summed E-state index contributed by atoms with van der Waals surface area (Å²) < 4.78 is 0. The van der Waals surface area contributed by atoms with Crippen molar-refractivity contribution in [3.8, 4) is 10.6 Å². The molecule has 2 aromatic heterocycles. The van der Waals surface area contributed by atoms with Gasteiger partial charge in [0.2, 0.25) is 0 Å². The van der Waals surface area contributed by atoms with Gasteiger partial charge >= 0.3 is 6.03 Å². The quantitative estimate of drug-likeness (QED) is 0.726. The Bertz CT molecular complexity index is 656. The van der Waals surface area contributed by atoms with Crippen LogP contribution in [0.5, 0.6) is 0 Å². The zero-order valence-electron chi connectivity index (χ0n) is 12.0. The van der Waals surface area contributed by atoms with Crippen LogP contribution in [-0.4, -0.2) is 35.6 Å². The minimum absolute atomic E-state index is 0.310. The molecule has 0 bridgehead atoms. The Kier molecular flexibility index (Phi) is 5.39. The van der Waals surface area contributed by atoms with E-state index < -0.39 is 0 Å². The van der Waals surface area contributed by atoms with Crippen LogP contribution in [0.15, 0.2) is 24.5 Å². The van der Waals surface area contributed by atoms with E-state index >= 15 is 0 Å². The monoisotopic (exact) mass is 321 g/mol. The number of carbonyl (C=O) groups excluding carboxylic acids is 2. The number of rotatable bonds is 5. The molecular weight excluding hydrogens is 306 g/mol. The van der Waals surface area contributed by atoms with Gasteiger partial charge in [0.25, 0.3) is 5.91 Å². The molecule has 0 aliphatic rings. The summed E-state index contributed by atoms with van der Waals surface area (Å²) in [5, 5.41) is 5.87. The first kappa shape index (κ1) is 15.9. The van der Waals surface area contributed by atoms with Crippen LogP contribution in [0.25, 0.3) is 10.6 Å². The standard InChI is InChI=1S/C13H15N5O3S/c1-3-14-13(20)17-10-5-4-8(6-15-10)12-16-7-9(22-12)11(19)18-21-2/h4-7H,3H2,1-2H3,(H,18,19)(H2,14,15,17,20). The molecule has 116 valence electrons. The summed E-state index contributed by atoms with van der Waals surface area (Å²) in [4.78, 5) is 36.3. The number of amides is 3. The van der Waals surface area contributed by atoms with Crippen LogP contribution < -0.4 is 16.1 Å². The Morgan fingerprint density at radius 2 is 2.09 bits per heavy atom. The van der Waals surface area contributed by atoms with Crippen LogP contribution in [0, 0.1) is 0 Å². The predicted octanol–water partition coefficient (Wildman–Crippen LogP) is 1.64. The zero-order valence-corrected chi connectivity index (χ0v) is 12.9. The molecule has 2 aromatic rings. The van der Waals surface area contributed by atoms with Crippen LogP contribution in [0.2, 0.25) is 0 Å². The molecule has 2 heterocycles. The highest BCUT2D eigenvalue weighted by Gasteiger charge is 2.12. The zero-order chi connectivity index (χ0) is 15.9. The summed E-state index contributed by atoms with van der Waals surface area (Å²) in [6.07, 6.45) is 3.05. The maximum atomic E-state index is 11.6. The van der Waals surface area contributed by atoms with E-state index in [4.69, 9.17) is 0 Å². The van der Waals surface area contributed by atoms with Gasteiger partial charge in [-0.3, -0.25) is 14.9 Å². The number of hydrogen-bond acceptors (Lipinski definition) is 6. The first-order chi connectivity index (χ1) is 10.6. The SMILES string of the molecule is CCNC(=O)Nc1ccc(-c2ncc(C(=O)NOC)s2)cn1. The summed E-state index contributed by atoms with van der Waals surface area (Å²) in [6, 6.07) is 3.13. The average molecular weight is 321 g/mol. The van der Waals surface area contributed by atoms with Crippen molar-refractivity contribution in [1.29, 1.82) is 0 Å². The van der Waals surface area contributed by atoms with Crippen molar-refractivity contribution in [3.63, 3.8) is 0 Å². The molecule has 0 atom stereocenters. The van der Waals surface area contributed by atoms with Crippen molar-refractivity contribution in [2.24, 2.45) is 0 Å².